The zero-order valence-corrected chi connectivity index (χ0v) is 36.7. The minimum absolute atomic E-state index is 0.129. The highest BCUT2D eigenvalue weighted by molar-refractivity contribution is 8.77. The Bertz CT molecular complexity index is 1930. The van der Waals surface area contributed by atoms with E-state index in [-0.39, 0.29) is 18.4 Å². The van der Waals surface area contributed by atoms with Crippen LogP contribution in [0.5, 0.6) is 0 Å². The predicted octanol–water partition coefficient (Wildman–Crippen LogP) is -0.717. The first-order chi connectivity index (χ1) is 30.1. The highest BCUT2D eigenvalue weighted by atomic mass is 33.1. The number of rotatable bonds is 11. The number of ether oxygens (including phenoxy) is 3. The van der Waals surface area contributed by atoms with Gasteiger partial charge in [0.25, 0.3) is 0 Å². The fourth-order valence-electron chi connectivity index (χ4n) is 8.76. The molecule has 1 aliphatic carbocycles. The van der Waals surface area contributed by atoms with Gasteiger partial charge in [0.1, 0.15) is 43.5 Å². The minimum atomic E-state index is -1.99. The van der Waals surface area contributed by atoms with Crippen molar-refractivity contribution in [1.29, 1.82) is 0 Å². The Morgan fingerprint density at radius 2 is 1.37 bits per heavy atom. The average Bonchev–Trinajstić information content (AvgIpc) is 3.87. The topological polar surface area (TPSA) is 300 Å². The molecule has 4 fully saturated rings. The third-order valence-corrected chi connectivity index (χ3v) is 15.9. The summed E-state index contributed by atoms with van der Waals surface area (Å²) in [6.07, 6.45) is -9.85. The summed E-state index contributed by atoms with van der Waals surface area (Å²) in [4.78, 5) is 66.3. The van der Waals surface area contributed by atoms with Crippen molar-refractivity contribution in [1.82, 2.24) is 20.9 Å². The molecule has 346 valence electrons. The standard InChI is InChI=1S/C26H42N4O12S2.C16H15NO2/c1-10-18(35)20(37)13(8-31)41-23(10)28-15(33)6-17-30-5-3-4-12(30)22(39)26(25(27)40,44-43-17)7-16(34)29-24-11(2)19(36)21(38)14(9-32)42-24;1-17-16(18)19-10-15-13-8-4-2-6-11(13)12-7-3-5-9-14(12)15/h10-14,17-21,23-24,31-32,35-38H,3-9H2,1-2H3,(H2,27,40)(H,28,33)(H,29,34);2-9,15H,10H2,1H3,(H,17,18)/t10?,11?,12-,13?,14?,17?,18+,19+,20+,21+,23+,24+,26?;/m0./s1. The van der Waals surface area contributed by atoms with Crippen molar-refractivity contribution in [2.75, 3.05) is 33.4 Å². The summed E-state index contributed by atoms with van der Waals surface area (Å²) >= 11 is 0. The van der Waals surface area contributed by atoms with Crippen molar-refractivity contribution >= 4 is 51.2 Å². The third-order valence-electron chi connectivity index (χ3n) is 12.5. The van der Waals surface area contributed by atoms with Crippen molar-refractivity contribution in [3.63, 3.8) is 0 Å². The molecule has 4 heterocycles. The third kappa shape index (κ3) is 10.2. The molecule has 21 heteroatoms. The van der Waals surface area contributed by atoms with Crippen molar-refractivity contribution in [2.45, 2.75) is 111 Å². The molecule has 0 spiro atoms. The monoisotopic (exact) mass is 919 g/mol. The number of Topliss-reactive ketones (excluding diaryl/α,β-unsaturated/α-hetero) is 1. The van der Waals surface area contributed by atoms with E-state index in [1.807, 2.05) is 24.3 Å². The van der Waals surface area contributed by atoms with Crippen LogP contribution in [0.3, 0.4) is 0 Å². The Balaban J connectivity index is 0.000000287. The summed E-state index contributed by atoms with van der Waals surface area (Å²) < 4.78 is 14.4. The van der Waals surface area contributed by atoms with Crippen molar-refractivity contribution in [3.05, 3.63) is 59.7 Å². The smallest absolute Gasteiger partial charge is 0.406 e. The number of ketones is 1. The van der Waals surface area contributed by atoms with E-state index in [0.717, 1.165) is 21.6 Å². The van der Waals surface area contributed by atoms with Gasteiger partial charge in [-0.25, -0.2) is 4.79 Å². The summed E-state index contributed by atoms with van der Waals surface area (Å²) in [5.41, 5.74) is 10.7. The first-order valence-corrected chi connectivity index (χ1v) is 23.1. The molecule has 4 saturated heterocycles. The van der Waals surface area contributed by atoms with E-state index in [9.17, 15) is 54.6 Å². The molecule has 19 nitrogen and oxygen atoms in total. The lowest BCUT2D eigenvalue weighted by Crippen LogP contribution is -2.61. The van der Waals surface area contributed by atoms with E-state index in [0.29, 0.717) is 26.0 Å². The zero-order chi connectivity index (χ0) is 45.7. The van der Waals surface area contributed by atoms with Crippen molar-refractivity contribution < 1.29 is 68.8 Å². The van der Waals surface area contributed by atoms with E-state index >= 15 is 0 Å². The minimum Gasteiger partial charge on any atom is -0.449 e. The number of nitrogens with zero attached hydrogens (tertiary/aromatic N) is 1. The van der Waals surface area contributed by atoms with Gasteiger partial charge in [0, 0.05) is 31.3 Å². The Hall–Kier alpha value is -3.87. The van der Waals surface area contributed by atoms with Gasteiger partial charge in [-0.1, -0.05) is 84.0 Å². The molecule has 11 N–H and O–H groups in total. The number of hydrogen-bond acceptors (Lipinski definition) is 17. The molecule has 4 aliphatic heterocycles. The highest BCUT2D eigenvalue weighted by Crippen LogP contribution is 2.50. The van der Waals surface area contributed by atoms with Crippen LogP contribution in [0.15, 0.2) is 48.5 Å². The van der Waals surface area contributed by atoms with Gasteiger partial charge in [-0.15, -0.1) is 0 Å². The number of fused-ring (bicyclic) bond motifs is 4. The molecule has 63 heavy (non-hydrogen) atoms. The summed E-state index contributed by atoms with van der Waals surface area (Å²) in [6.45, 7) is 2.74. The summed E-state index contributed by atoms with van der Waals surface area (Å²) in [6, 6.07) is 15.8. The second-order valence-corrected chi connectivity index (χ2v) is 19.1. The summed E-state index contributed by atoms with van der Waals surface area (Å²) in [7, 11) is 3.44. The Morgan fingerprint density at radius 3 is 1.87 bits per heavy atom. The summed E-state index contributed by atoms with van der Waals surface area (Å²) in [5, 5.41) is 66.9. The Morgan fingerprint density at radius 1 is 0.841 bits per heavy atom. The molecule has 0 bridgehead atoms. The maximum absolute atomic E-state index is 13.9. The molecule has 4 amide bonds. The lowest BCUT2D eigenvalue weighted by atomic mass is 9.89. The molecule has 0 aromatic heterocycles. The van der Waals surface area contributed by atoms with Gasteiger partial charge in [-0.05, 0) is 35.1 Å². The van der Waals surface area contributed by atoms with E-state index < -0.39 is 120 Å². The first-order valence-electron chi connectivity index (χ1n) is 20.9. The Kier molecular flexibility index (Phi) is 16.2. The number of aliphatic hydroxyl groups excluding tert-OH is 6. The first kappa shape index (κ1) is 48.6. The number of primary amides is 1. The van der Waals surface area contributed by atoms with Gasteiger partial charge in [-0.2, -0.15) is 0 Å². The van der Waals surface area contributed by atoms with Gasteiger partial charge >= 0.3 is 6.09 Å². The molecule has 13 atom stereocenters. The molecule has 2 aromatic rings. The average molecular weight is 920 g/mol. The highest BCUT2D eigenvalue weighted by Gasteiger charge is 2.56. The van der Waals surface area contributed by atoms with E-state index in [1.165, 1.54) is 29.2 Å². The van der Waals surface area contributed by atoms with Crippen LogP contribution in [-0.4, -0.2) is 164 Å². The van der Waals surface area contributed by atoms with Crippen LogP contribution in [0.1, 0.15) is 56.6 Å². The number of alkyl carbamates (subject to hydrolysis) is 1. The second-order valence-electron chi connectivity index (χ2n) is 16.4. The van der Waals surface area contributed by atoms with Crippen LogP contribution < -0.4 is 21.7 Å². The molecular weight excluding hydrogens is 863 g/mol. The van der Waals surface area contributed by atoms with Crippen LogP contribution in [-0.2, 0) is 33.4 Å². The maximum Gasteiger partial charge on any atom is 0.406 e. The molecular formula is C42H57N5O14S2. The number of carbonyl (C=O) groups is 5. The molecule has 5 aliphatic rings. The molecule has 2 aromatic carbocycles. The predicted molar refractivity (Wildman–Crippen MR) is 229 cm³/mol. The number of aliphatic hydroxyl groups is 6. The number of benzene rings is 2. The number of nitrogens with two attached hydrogens (primary N) is 1. The molecule has 0 saturated carbocycles. The Labute approximate surface area is 372 Å². The van der Waals surface area contributed by atoms with Gasteiger partial charge in [-0.3, -0.25) is 24.1 Å². The van der Waals surface area contributed by atoms with Gasteiger partial charge in [0.15, 0.2) is 10.5 Å². The van der Waals surface area contributed by atoms with Crippen LogP contribution >= 0.6 is 21.6 Å². The molecule has 7 rings (SSSR count). The quantitative estimate of drug-likeness (QED) is 0.0983. The number of nitrogens with one attached hydrogen (secondary N) is 3. The van der Waals surface area contributed by atoms with Crippen LogP contribution in [0.4, 0.5) is 4.79 Å². The van der Waals surface area contributed by atoms with Crippen LogP contribution in [0.2, 0.25) is 0 Å². The van der Waals surface area contributed by atoms with Crippen molar-refractivity contribution in [2.24, 2.45) is 17.6 Å². The van der Waals surface area contributed by atoms with Gasteiger partial charge in [0.2, 0.25) is 17.7 Å². The lowest BCUT2D eigenvalue weighted by Gasteiger charge is -2.41. The largest absolute Gasteiger partial charge is 0.449 e. The fraction of sp³-hybridized carbons (Fsp3) is 0.595. The van der Waals surface area contributed by atoms with E-state index in [1.54, 1.807) is 18.9 Å². The van der Waals surface area contributed by atoms with Gasteiger partial charge in [0.05, 0.1) is 49.7 Å². The van der Waals surface area contributed by atoms with Crippen molar-refractivity contribution in [3.8, 4) is 11.1 Å². The van der Waals surface area contributed by atoms with Crippen LogP contribution in [0, 0.1) is 11.8 Å². The molecule has 0 radical (unpaired) electrons. The fourth-order valence-corrected chi connectivity index (χ4v) is 12.1. The number of amides is 4. The van der Waals surface area contributed by atoms with Crippen LogP contribution in [0.25, 0.3) is 11.1 Å². The van der Waals surface area contributed by atoms with E-state index in [4.69, 9.17) is 19.9 Å². The zero-order valence-electron chi connectivity index (χ0n) is 35.1. The van der Waals surface area contributed by atoms with Gasteiger partial charge < -0.3 is 66.5 Å². The SMILES string of the molecule is CC1[C@H](NC(=O)CC2SSC(CC(=O)N[C@@H]3OC(CO)[C@@H](O)[C@H](O)C3C)(C(N)=O)C(=O)[C@@H]3CCCN23)OC(CO)[C@@H](O)[C@@H]1O.CNC(=O)OCC1c2ccccc2-c2ccccc21. The maximum atomic E-state index is 13.9. The normalized spacial score (nSPS) is 34.0. The lowest BCUT2D eigenvalue weighted by molar-refractivity contribution is -0.213. The summed E-state index contributed by atoms with van der Waals surface area (Å²) in [5.74, 6) is -4.20. The molecule has 6 unspecified atom stereocenters. The number of hydrogen-bond donors (Lipinski definition) is 10. The van der Waals surface area contributed by atoms with E-state index in [2.05, 4.69) is 40.2 Å². The second kappa shape index (κ2) is 21.0. The number of carbonyl (C=O) groups excluding carboxylic acids is 5.